The molecule has 9 heteroatoms. The van der Waals surface area contributed by atoms with Gasteiger partial charge in [0.05, 0.1) is 11.7 Å². The molecular weight excluding hydrogens is 372 g/mol. The molecule has 1 saturated carbocycles. The van der Waals surface area contributed by atoms with E-state index in [1.165, 1.54) is 0 Å². The first-order chi connectivity index (χ1) is 12.1. The Labute approximate surface area is 163 Å². The van der Waals surface area contributed by atoms with Crippen molar-refractivity contribution in [2.75, 3.05) is 24.5 Å². The zero-order valence-corrected chi connectivity index (χ0v) is 16.7. The standard InChI is InChI=1S/C17H24N6OS.ClH/c1-12(24)23(14-3-4-14)17-20-13(11-25-17)10-22-8-5-18-9-15(22)16-19-6-7-21(16)2;/h6-7,11,14-15,18H,3-5,8-10H2,1-2H3;1H. The second kappa shape index (κ2) is 8.04. The summed E-state index contributed by atoms with van der Waals surface area (Å²) >= 11 is 1.58. The number of nitrogens with zero attached hydrogens (tertiary/aromatic N) is 5. The van der Waals surface area contributed by atoms with Gasteiger partial charge in [0.15, 0.2) is 5.13 Å². The lowest BCUT2D eigenvalue weighted by molar-refractivity contribution is -0.116. The van der Waals surface area contributed by atoms with E-state index in [2.05, 4.69) is 25.1 Å². The summed E-state index contributed by atoms with van der Waals surface area (Å²) in [7, 11) is 2.04. The number of carbonyl (C=O) groups is 1. The molecule has 2 aromatic heterocycles. The highest BCUT2D eigenvalue weighted by molar-refractivity contribution is 7.14. The van der Waals surface area contributed by atoms with Gasteiger partial charge in [-0.25, -0.2) is 9.97 Å². The SMILES string of the molecule is CC(=O)N(c1nc(CN2CCNCC2c2nccn2C)cs1)C1CC1.Cl. The predicted octanol–water partition coefficient (Wildman–Crippen LogP) is 1.96. The van der Waals surface area contributed by atoms with Crippen LogP contribution in [-0.2, 0) is 18.4 Å². The molecule has 0 spiro atoms. The molecule has 142 valence electrons. The predicted molar refractivity (Wildman–Crippen MR) is 105 cm³/mol. The van der Waals surface area contributed by atoms with E-state index in [-0.39, 0.29) is 24.4 Å². The second-order valence-electron chi connectivity index (χ2n) is 6.83. The van der Waals surface area contributed by atoms with Gasteiger partial charge in [0.2, 0.25) is 5.91 Å². The summed E-state index contributed by atoms with van der Waals surface area (Å²) in [5.41, 5.74) is 1.04. The van der Waals surface area contributed by atoms with E-state index in [1.807, 2.05) is 24.3 Å². The lowest BCUT2D eigenvalue weighted by Gasteiger charge is -2.35. The Morgan fingerprint density at radius 2 is 2.27 bits per heavy atom. The fourth-order valence-electron chi connectivity index (χ4n) is 3.46. The number of halogens is 1. The van der Waals surface area contributed by atoms with Gasteiger partial charge in [-0.1, -0.05) is 0 Å². The van der Waals surface area contributed by atoms with Crippen LogP contribution in [0.4, 0.5) is 5.13 Å². The van der Waals surface area contributed by atoms with Gasteiger partial charge in [-0.3, -0.25) is 14.6 Å². The highest BCUT2D eigenvalue weighted by atomic mass is 35.5. The zero-order valence-electron chi connectivity index (χ0n) is 15.1. The van der Waals surface area contributed by atoms with Crippen LogP contribution in [0, 0.1) is 0 Å². The van der Waals surface area contributed by atoms with Crippen molar-refractivity contribution in [3.63, 3.8) is 0 Å². The number of imidazole rings is 1. The molecule has 0 bridgehead atoms. The van der Waals surface area contributed by atoms with Crippen LogP contribution in [-0.4, -0.2) is 51.0 Å². The molecule has 1 unspecified atom stereocenters. The van der Waals surface area contributed by atoms with E-state index in [1.54, 1.807) is 18.3 Å². The molecule has 7 nitrogen and oxygen atoms in total. The first kappa shape index (κ1) is 19.3. The van der Waals surface area contributed by atoms with Crippen molar-refractivity contribution in [3.05, 3.63) is 29.3 Å². The Balaban J connectivity index is 0.00000196. The molecule has 1 amide bonds. The van der Waals surface area contributed by atoms with E-state index >= 15 is 0 Å². The van der Waals surface area contributed by atoms with Crippen LogP contribution in [0.25, 0.3) is 0 Å². The van der Waals surface area contributed by atoms with Crippen LogP contribution >= 0.6 is 23.7 Å². The molecule has 2 aliphatic rings. The van der Waals surface area contributed by atoms with E-state index < -0.39 is 0 Å². The van der Waals surface area contributed by atoms with Gasteiger partial charge in [0.25, 0.3) is 0 Å². The van der Waals surface area contributed by atoms with Crippen molar-refractivity contribution in [1.82, 2.24) is 24.8 Å². The van der Waals surface area contributed by atoms with Gasteiger partial charge in [-0.05, 0) is 12.8 Å². The number of anilines is 1. The lowest BCUT2D eigenvalue weighted by Crippen LogP contribution is -2.46. The lowest BCUT2D eigenvalue weighted by atomic mass is 10.1. The third-order valence-corrected chi connectivity index (χ3v) is 5.76. The molecule has 1 aliphatic carbocycles. The minimum Gasteiger partial charge on any atom is -0.337 e. The number of amides is 1. The van der Waals surface area contributed by atoms with Gasteiger partial charge in [0.1, 0.15) is 5.82 Å². The normalized spacial score (nSPS) is 20.6. The number of carbonyl (C=O) groups excluding carboxylic acids is 1. The van der Waals surface area contributed by atoms with Crippen LogP contribution in [0.5, 0.6) is 0 Å². The van der Waals surface area contributed by atoms with Crippen molar-refractivity contribution >= 4 is 34.8 Å². The van der Waals surface area contributed by atoms with Crippen LogP contribution in [0.1, 0.15) is 37.3 Å². The maximum atomic E-state index is 11.9. The van der Waals surface area contributed by atoms with Gasteiger partial charge in [-0.15, -0.1) is 23.7 Å². The first-order valence-electron chi connectivity index (χ1n) is 8.79. The molecule has 1 N–H and O–H groups in total. The molecule has 0 radical (unpaired) electrons. The molecule has 2 aromatic rings. The maximum absolute atomic E-state index is 11.9. The van der Waals surface area contributed by atoms with Gasteiger partial charge in [0, 0.05) is 64.0 Å². The minimum absolute atomic E-state index is 0. The molecular formula is C17H25ClN6OS. The highest BCUT2D eigenvalue weighted by Gasteiger charge is 2.34. The van der Waals surface area contributed by atoms with Crippen molar-refractivity contribution in [1.29, 1.82) is 0 Å². The smallest absolute Gasteiger partial charge is 0.225 e. The van der Waals surface area contributed by atoms with Crippen LogP contribution < -0.4 is 10.2 Å². The molecule has 1 aliphatic heterocycles. The van der Waals surface area contributed by atoms with Gasteiger partial charge < -0.3 is 9.88 Å². The summed E-state index contributed by atoms with van der Waals surface area (Å²) in [5.74, 6) is 1.17. The van der Waals surface area contributed by atoms with Crippen molar-refractivity contribution in [2.24, 2.45) is 7.05 Å². The Hall–Kier alpha value is -1.48. The molecule has 1 atom stereocenters. The third kappa shape index (κ3) is 3.93. The third-order valence-electron chi connectivity index (χ3n) is 4.87. The number of hydrogen-bond acceptors (Lipinski definition) is 6. The summed E-state index contributed by atoms with van der Waals surface area (Å²) in [6.45, 7) is 5.24. The number of nitrogens with one attached hydrogen (secondary N) is 1. The fourth-order valence-corrected chi connectivity index (χ4v) is 4.39. The fraction of sp³-hybridized carbons (Fsp3) is 0.588. The van der Waals surface area contributed by atoms with Crippen LogP contribution in [0.2, 0.25) is 0 Å². The largest absolute Gasteiger partial charge is 0.337 e. The molecule has 3 heterocycles. The summed E-state index contributed by atoms with van der Waals surface area (Å²) < 4.78 is 2.09. The quantitative estimate of drug-likeness (QED) is 0.836. The summed E-state index contributed by atoms with van der Waals surface area (Å²) in [6.07, 6.45) is 6.02. The van der Waals surface area contributed by atoms with Crippen molar-refractivity contribution in [2.45, 2.75) is 38.4 Å². The number of piperazine rings is 1. The second-order valence-corrected chi connectivity index (χ2v) is 7.66. The topological polar surface area (TPSA) is 66.3 Å². The Morgan fingerprint density at radius 3 is 2.92 bits per heavy atom. The molecule has 2 fully saturated rings. The number of rotatable bonds is 5. The number of thiazole rings is 1. The van der Waals surface area contributed by atoms with E-state index in [0.29, 0.717) is 6.04 Å². The monoisotopic (exact) mass is 396 g/mol. The average molecular weight is 397 g/mol. The molecule has 4 rings (SSSR count). The van der Waals surface area contributed by atoms with E-state index in [4.69, 9.17) is 4.98 Å². The number of aromatic nitrogens is 3. The van der Waals surface area contributed by atoms with Crippen LogP contribution in [0.3, 0.4) is 0 Å². The zero-order chi connectivity index (χ0) is 17.4. The van der Waals surface area contributed by atoms with E-state index in [9.17, 15) is 4.79 Å². The number of aryl methyl sites for hydroxylation is 1. The van der Waals surface area contributed by atoms with Crippen molar-refractivity contribution < 1.29 is 4.79 Å². The first-order valence-corrected chi connectivity index (χ1v) is 9.67. The van der Waals surface area contributed by atoms with E-state index in [0.717, 1.165) is 55.7 Å². The molecule has 26 heavy (non-hydrogen) atoms. The van der Waals surface area contributed by atoms with Gasteiger partial charge >= 0.3 is 0 Å². The Kier molecular flexibility index (Phi) is 5.96. The highest BCUT2D eigenvalue weighted by Crippen LogP contribution is 2.34. The summed E-state index contributed by atoms with van der Waals surface area (Å²) in [5, 5.41) is 6.39. The Morgan fingerprint density at radius 1 is 1.46 bits per heavy atom. The minimum atomic E-state index is 0. The number of hydrogen-bond donors (Lipinski definition) is 1. The summed E-state index contributed by atoms with van der Waals surface area (Å²) in [6, 6.07) is 0.599. The van der Waals surface area contributed by atoms with Crippen LogP contribution in [0.15, 0.2) is 17.8 Å². The summed E-state index contributed by atoms with van der Waals surface area (Å²) in [4.78, 5) is 25.5. The average Bonchev–Trinajstić information content (AvgIpc) is 3.15. The van der Waals surface area contributed by atoms with Gasteiger partial charge in [-0.2, -0.15) is 0 Å². The molecule has 0 aromatic carbocycles. The van der Waals surface area contributed by atoms with Crippen molar-refractivity contribution in [3.8, 4) is 0 Å². The molecule has 1 saturated heterocycles. The Bertz CT molecular complexity index is 758. The maximum Gasteiger partial charge on any atom is 0.225 e.